The maximum absolute atomic E-state index is 10.9. The SMILES string of the molecule is CC1(C)CC1c1nc(S(N)(=O)=O)n[nH]1. The van der Waals surface area contributed by atoms with E-state index in [9.17, 15) is 8.42 Å². The summed E-state index contributed by atoms with van der Waals surface area (Å²) in [5.74, 6) is 0.879. The minimum Gasteiger partial charge on any atom is -0.262 e. The highest BCUT2D eigenvalue weighted by Crippen LogP contribution is 2.57. The fraction of sp³-hybridized carbons (Fsp3) is 0.714. The van der Waals surface area contributed by atoms with Crippen LogP contribution < -0.4 is 5.14 Å². The third kappa shape index (κ3) is 1.53. The van der Waals surface area contributed by atoms with Crippen molar-refractivity contribution in [3.63, 3.8) is 0 Å². The van der Waals surface area contributed by atoms with Crippen molar-refractivity contribution in [2.24, 2.45) is 10.6 Å². The Hall–Kier alpha value is -0.950. The normalized spacial score (nSPS) is 24.9. The molecular weight excluding hydrogens is 204 g/mol. The van der Waals surface area contributed by atoms with Crippen LogP contribution in [0.1, 0.15) is 32.0 Å². The Kier molecular flexibility index (Phi) is 1.74. The molecule has 78 valence electrons. The number of primary sulfonamides is 1. The van der Waals surface area contributed by atoms with Crippen LogP contribution in [0.15, 0.2) is 5.16 Å². The third-order valence-corrected chi connectivity index (χ3v) is 3.27. The van der Waals surface area contributed by atoms with E-state index in [0.29, 0.717) is 5.82 Å². The van der Waals surface area contributed by atoms with Crippen molar-refractivity contribution in [2.45, 2.75) is 31.3 Å². The molecule has 0 bridgehead atoms. The van der Waals surface area contributed by atoms with Gasteiger partial charge in [-0.1, -0.05) is 13.8 Å². The predicted octanol–water partition coefficient (Wildman–Crippen LogP) is -0.0344. The Morgan fingerprint density at radius 1 is 1.57 bits per heavy atom. The van der Waals surface area contributed by atoms with Gasteiger partial charge in [-0.3, -0.25) is 5.10 Å². The van der Waals surface area contributed by atoms with Crippen LogP contribution in [0.5, 0.6) is 0 Å². The first kappa shape index (κ1) is 9.60. The second kappa shape index (κ2) is 2.54. The molecule has 1 saturated carbocycles. The molecule has 1 unspecified atom stereocenters. The number of rotatable bonds is 2. The summed E-state index contributed by atoms with van der Waals surface area (Å²) in [6, 6.07) is 0. The summed E-state index contributed by atoms with van der Waals surface area (Å²) in [5.41, 5.74) is 0.190. The van der Waals surface area contributed by atoms with E-state index < -0.39 is 10.0 Å². The molecule has 0 amide bonds. The number of hydrogen-bond donors (Lipinski definition) is 2. The lowest BCUT2D eigenvalue weighted by Crippen LogP contribution is -2.14. The van der Waals surface area contributed by atoms with Gasteiger partial charge in [-0.25, -0.2) is 18.5 Å². The first-order chi connectivity index (χ1) is 6.31. The average Bonchev–Trinajstić information content (AvgIpc) is 2.48. The molecule has 3 N–H and O–H groups in total. The van der Waals surface area contributed by atoms with Gasteiger partial charge in [-0.05, 0) is 11.8 Å². The van der Waals surface area contributed by atoms with E-state index in [1.807, 2.05) is 0 Å². The van der Waals surface area contributed by atoms with E-state index in [4.69, 9.17) is 5.14 Å². The number of sulfonamides is 1. The van der Waals surface area contributed by atoms with E-state index in [-0.39, 0.29) is 16.5 Å². The van der Waals surface area contributed by atoms with Crippen LogP contribution in [0.25, 0.3) is 0 Å². The van der Waals surface area contributed by atoms with Crippen LogP contribution in [0.3, 0.4) is 0 Å². The zero-order valence-corrected chi connectivity index (χ0v) is 8.80. The lowest BCUT2D eigenvalue weighted by atomic mass is 10.1. The number of nitrogens with zero attached hydrogens (tertiary/aromatic N) is 2. The molecule has 1 heterocycles. The van der Waals surface area contributed by atoms with Gasteiger partial charge in [-0.15, -0.1) is 5.10 Å². The van der Waals surface area contributed by atoms with Crippen molar-refractivity contribution in [1.82, 2.24) is 15.2 Å². The molecule has 0 radical (unpaired) electrons. The summed E-state index contributed by atoms with van der Waals surface area (Å²) < 4.78 is 21.8. The zero-order valence-electron chi connectivity index (χ0n) is 7.98. The van der Waals surface area contributed by atoms with Gasteiger partial charge in [0.25, 0.3) is 15.2 Å². The van der Waals surface area contributed by atoms with E-state index in [1.54, 1.807) is 0 Å². The Morgan fingerprint density at radius 3 is 2.50 bits per heavy atom. The Bertz CT molecular complexity index is 462. The van der Waals surface area contributed by atoms with Gasteiger partial charge in [0, 0.05) is 5.92 Å². The van der Waals surface area contributed by atoms with Crippen LogP contribution in [0.2, 0.25) is 0 Å². The molecule has 0 aromatic carbocycles. The van der Waals surface area contributed by atoms with Crippen molar-refractivity contribution in [2.75, 3.05) is 0 Å². The molecule has 2 rings (SSSR count). The van der Waals surface area contributed by atoms with E-state index in [2.05, 4.69) is 29.0 Å². The Labute approximate surface area is 82.0 Å². The number of nitrogens with one attached hydrogen (secondary N) is 1. The Morgan fingerprint density at radius 2 is 2.14 bits per heavy atom. The van der Waals surface area contributed by atoms with Gasteiger partial charge in [-0.2, -0.15) is 0 Å². The molecule has 0 spiro atoms. The maximum Gasteiger partial charge on any atom is 0.282 e. The van der Waals surface area contributed by atoms with Gasteiger partial charge in [0.1, 0.15) is 5.82 Å². The molecule has 1 aromatic heterocycles. The molecule has 0 aliphatic heterocycles. The highest BCUT2D eigenvalue weighted by molar-refractivity contribution is 7.89. The summed E-state index contributed by atoms with van der Waals surface area (Å²) in [6.45, 7) is 4.19. The minimum absolute atomic E-state index is 0.190. The topological polar surface area (TPSA) is 102 Å². The van der Waals surface area contributed by atoms with Crippen molar-refractivity contribution < 1.29 is 8.42 Å². The number of nitrogens with two attached hydrogens (primary N) is 1. The van der Waals surface area contributed by atoms with Crippen LogP contribution in [-0.4, -0.2) is 23.6 Å². The molecule has 1 atom stereocenters. The first-order valence-electron chi connectivity index (χ1n) is 4.26. The van der Waals surface area contributed by atoms with E-state index in [0.717, 1.165) is 6.42 Å². The van der Waals surface area contributed by atoms with Gasteiger partial charge >= 0.3 is 0 Å². The van der Waals surface area contributed by atoms with Crippen LogP contribution in [0.4, 0.5) is 0 Å². The first-order valence-corrected chi connectivity index (χ1v) is 5.80. The van der Waals surface area contributed by atoms with Crippen molar-refractivity contribution in [1.29, 1.82) is 0 Å². The predicted molar refractivity (Wildman–Crippen MR) is 48.9 cm³/mol. The Balaban J connectivity index is 2.29. The van der Waals surface area contributed by atoms with Crippen LogP contribution in [0, 0.1) is 5.41 Å². The molecule has 7 heteroatoms. The van der Waals surface area contributed by atoms with Gasteiger partial charge in [0.2, 0.25) is 0 Å². The molecule has 14 heavy (non-hydrogen) atoms. The van der Waals surface area contributed by atoms with E-state index in [1.165, 1.54) is 0 Å². The van der Waals surface area contributed by atoms with Gasteiger partial charge in [0.15, 0.2) is 0 Å². The molecule has 6 nitrogen and oxygen atoms in total. The summed E-state index contributed by atoms with van der Waals surface area (Å²) >= 11 is 0. The highest BCUT2D eigenvalue weighted by atomic mass is 32.2. The highest BCUT2D eigenvalue weighted by Gasteiger charge is 2.48. The van der Waals surface area contributed by atoms with Crippen LogP contribution in [-0.2, 0) is 10.0 Å². The summed E-state index contributed by atoms with van der Waals surface area (Å²) in [6.07, 6.45) is 0.992. The quantitative estimate of drug-likeness (QED) is 0.724. The van der Waals surface area contributed by atoms with Crippen LogP contribution >= 0.6 is 0 Å². The summed E-state index contributed by atoms with van der Waals surface area (Å²) in [4.78, 5) is 3.86. The number of aromatic amines is 1. The van der Waals surface area contributed by atoms with Gasteiger partial charge in [0.05, 0.1) is 0 Å². The molecule has 1 aromatic rings. The molecular formula is C7H12N4O2S. The second-order valence-corrected chi connectivity index (χ2v) is 5.75. The fourth-order valence-corrected chi connectivity index (χ4v) is 1.87. The fourth-order valence-electron chi connectivity index (χ4n) is 1.48. The lowest BCUT2D eigenvalue weighted by Gasteiger charge is -1.97. The number of H-pyrrole nitrogens is 1. The molecule has 1 fully saturated rings. The maximum atomic E-state index is 10.9. The monoisotopic (exact) mass is 216 g/mol. The summed E-state index contributed by atoms with van der Waals surface area (Å²) in [5, 5.41) is 10.7. The lowest BCUT2D eigenvalue weighted by molar-refractivity contribution is 0.588. The largest absolute Gasteiger partial charge is 0.282 e. The zero-order chi connectivity index (χ0) is 10.6. The summed E-state index contributed by atoms with van der Waals surface area (Å²) in [7, 11) is -3.78. The second-order valence-electron chi connectivity index (χ2n) is 4.29. The average molecular weight is 216 g/mol. The number of aromatic nitrogens is 3. The molecule has 0 saturated heterocycles. The third-order valence-electron chi connectivity index (χ3n) is 2.58. The van der Waals surface area contributed by atoms with Gasteiger partial charge < -0.3 is 0 Å². The van der Waals surface area contributed by atoms with Crippen molar-refractivity contribution in [3.8, 4) is 0 Å². The number of hydrogen-bond acceptors (Lipinski definition) is 4. The van der Waals surface area contributed by atoms with Crippen molar-refractivity contribution >= 4 is 10.0 Å². The standard InChI is InChI=1S/C7H12N4O2S/c1-7(2)3-4(7)5-9-6(11-10-5)14(8,12)13/h4H,3H2,1-2H3,(H2,8,12,13)(H,9,10,11). The smallest absolute Gasteiger partial charge is 0.262 e. The van der Waals surface area contributed by atoms with E-state index >= 15 is 0 Å². The minimum atomic E-state index is -3.78. The molecule has 1 aliphatic rings. The van der Waals surface area contributed by atoms with Crippen molar-refractivity contribution in [3.05, 3.63) is 5.82 Å². The molecule has 1 aliphatic carbocycles.